The number of sulfonamides is 1. The fourth-order valence-corrected chi connectivity index (χ4v) is 2.54. The van der Waals surface area contributed by atoms with Gasteiger partial charge in [0.1, 0.15) is 5.82 Å². The van der Waals surface area contributed by atoms with E-state index in [0.717, 1.165) is 0 Å². The van der Waals surface area contributed by atoms with E-state index in [2.05, 4.69) is 25.0 Å². The predicted octanol–water partition coefficient (Wildman–Crippen LogP) is 1.03. The minimum Gasteiger partial charge on any atom is -0.481 e. The maximum absolute atomic E-state index is 12.3. The number of rotatable bonds is 5. The Bertz CT molecular complexity index is 748. The van der Waals surface area contributed by atoms with E-state index in [1.54, 1.807) is 20.0 Å². The molecule has 2 aromatic heterocycles. The van der Waals surface area contributed by atoms with Crippen molar-refractivity contribution in [2.45, 2.75) is 11.8 Å². The van der Waals surface area contributed by atoms with E-state index in [4.69, 9.17) is 4.74 Å². The van der Waals surface area contributed by atoms with Crippen molar-refractivity contribution >= 4 is 21.8 Å². The van der Waals surface area contributed by atoms with Crippen LogP contribution in [0.1, 0.15) is 5.69 Å². The van der Waals surface area contributed by atoms with E-state index < -0.39 is 10.0 Å². The van der Waals surface area contributed by atoms with Crippen molar-refractivity contribution in [3.8, 4) is 5.88 Å². The molecule has 112 valence electrons. The number of pyridine rings is 1. The first-order valence-corrected chi connectivity index (χ1v) is 7.49. The molecule has 0 aliphatic rings. The van der Waals surface area contributed by atoms with Crippen LogP contribution in [0.5, 0.6) is 5.88 Å². The standard InChI is InChI=1S/C12H15N5O3S/c1-8-6-11(20-3)16-12(15-8)17-21(18,19)9-4-5-14-10(7-9)13-2/h4-7H,1-3H3,(H,13,14)(H,15,16,17). The Morgan fingerprint density at radius 3 is 2.67 bits per heavy atom. The molecule has 0 aliphatic heterocycles. The van der Waals surface area contributed by atoms with Gasteiger partial charge in [-0.15, -0.1) is 0 Å². The van der Waals surface area contributed by atoms with Gasteiger partial charge in [-0.3, -0.25) is 0 Å². The molecular formula is C12H15N5O3S. The Kier molecular flexibility index (Phi) is 4.22. The molecule has 0 unspecified atom stereocenters. The van der Waals surface area contributed by atoms with Gasteiger partial charge in [0.25, 0.3) is 10.0 Å². The molecular weight excluding hydrogens is 294 g/mol. The molecule has 0 saturated heterocycles. The normalized spacial score (nSPS) is 11.0. The monoisotopic (exact) mass is 309 g/mol. The predicted molar refractivity (Wildman–Crippen MR) is 77.9 cm³/mol. The summed E-state index contributed by atoms with van der Waals surface area (Å²) < 4.78 is 31.9. The van der Waals surface area contributed by atoms with Crippen molar-refractivity contribution < 1.29 is 13.2 Å². The first-order valence-electron chi connectivity index (χ1n) is 6.01. The number of nitrogens with one attached hydrogen (secondary N) is 2. The molecule has 0 amide bonds. The van der Waals surface area contributed by atoms with Crippen molar-refractivity contribution in [3.63, 3.8) is 0 Å². The van der Waals surface area contributed by atoms with E-state index in [1.165, 1.54) is 25.4 Å². The summed E-state index contributed by atoms with van der Waals surface area (Å²) in [5.74, 6) is 0.682. The van der Waals surface area contributed by atoms with Crippen LogP contribution in [-0.2, 0) is 10.0 Å². The Labute approximate surface area is 122 Å². The summed E-state index contributed by atoms with van der Waals surface area (Å²) in [6, 6.07) is 4.40. The molecule has 2 rings (SSSR count). The maximum Gasteiger partial charge on any atom is 0.264 e. The average Bonchev–Trinajstić information content (AvgIpc) is 2.46. The number of nitrogens with zero attached hydrogens (tertiary/aromatic N) is 3. The Balaban J connectivity index is 2.34. The number of aryl methyl sites for hydroxylation is 1. The van der Waals surface area contributed by atoms with Crippen LogP contribution in [0.3, 0.4) is 0 Å². The molecule has 8 nitrogen and oxygen atoms in total. The van der Waals surface area contributed by atoms with Crippen LogP contribution in [-0.4, -0.2) is 37.5 Å². The zero-order valence-electron chi connectivity index (χ0n) is 11.8. The Morgan fingerprint density at radius 1 is 1.24 bits per heavy atom. The molecule has 0 aliphatic carbocycles. The molecule has 0 bridgehead atoms. The summed E-state index contributed by atoms with van der Waals surface area (Å²) in [7, 11) is -0.698. The largest absolute Gasteiger partial charge is 0.481 e. The van der Waals surface area contributed by atoms with Gasteiger partial charge in [-0.1, -0.05) is 0 Å². The zero-order valence-corrected chi connectivity index (χ0v) is 12.6. The quantitative estimate of drug-likeness (QED) is 0.849. The summed E-state index contributed by atoms with van der Waals surface area (Å²) in [4.78, 5) is 12.0. The zero-order chi connectivity index (χ0) is 15.5. The fraction of sp³-hybridized carbons (Fsp3) is 0.250. The number of anilines is 2. The second kappa shape index (κ2) is 5.92. The number of aromatic nitrogens is 3. The summed E-state index contributed by atoms with van der Waals surface area (Å²) >= 11 is 0. The first-order chi connectivity index (χ1) is 9.94. The number of hydrogen-bond acceptors (Lipinski definition) is 7. The van der Waals surface area contributed by atoms with Crippen LogP contribution < -0.4 is 14.8 Å². The van der Waals surface area contributed by atoms with Crippen LogP contribution in [0.2, 0.25) is 0 Å². The minimum absolute atomic E-state index is 0.0466. The van der Waals surface area contributed by atoms with Gasteiger partial charge < -0.3 is 10.1 Å². The smallest absolute Gasteiger partial charge is 0.264 e. The third-order valence-corrected chi connectivity index (χ3v) is 3.89. The highest BCUT2D eigenvalue weighted by atomic mass is 32.2. The third kappa shape index (κ3) is 3.57. The molecule has 21 heavy (non-hydrogen) atoms. The van der Waals surface area contributed by atoms with E-state index in [9.17, 15) is 8.42 Å². The van der Waals surface area contributed by atoms with Gasteiger partial charge in [0.2, 0.25) is 11.8 Å². The second-order valence-corrected chi connectivity index (χ2v) is 5.79. The first kappa shape index (κ1) is 15.0. The molecule has 0 fully saturated rings. The van der Waals surface area contributed by atoms with Crippen molar-refractivity contribution in [2.75, 3.05) is 24.2 Å². The number of ether oxygens (including phenoxy) is 1. The molecule has 0 atom stereocenters. The van der Waals surface area contributed by atoms with E-state index in [-0.39, 0.29) is 16.7 Å². The topological polar surface area (TPSA) is 106 Å². The fourth-order valence-electron chi connectivity index (χ4n) is 1.58. The third-order valence-electron chi connectivity index (χ3n) is 2.56. The maximum atomic E-state index is 12.3. The van der Waals surface area contributed by atoms with E-state index in [0.29, 0.717) is 11.5 Å². The van der Waals surface area contributed by atoms with Crippen molar-refractivity contribution in [3.05, 3.63) is 30.1 Å². The van der Waals surface area contributed by atoms with Crippen LogP contribution in [0.4, 0.5) is 11.8 Å². The SMILES string of the molecule is CNc1cc(S(=O)(=O)Nc2nc(C)cc(OC)n2)ccn1. The highest BCUT2D eigenvalue weighted by Crippen LogP contribution is 2.17. The molecule has 2 aromatic rings. The van der Waals surface area contributed by atoms with Crippen LogP contribution in [0.25, 0.3) is 0 Å². The van der Waals surface area contributed by atoms with Crippen LogP contribution in [0, 0.1) is 6.92 Å². The molecule has 2 N–H and O–H groups in total. The average molecular weight is 309 g/mol. The van der Waals surface area contributed by atoms with Crippen LogP contribution in [0.15, 0.2) is 29.3 Å². The molecule has 9 heteroatoms. The highest BCUT2D eigenvalue weighted by Gasteiger charge is 2.17. The molecule has 2 heterocycles. The number of methoxy groups -OCH3 is 1. The van der Waals surface area contributed by atoms with Gasteiger partial charge >= 0.3 is 0 Å². The Morgan fingerprint density at radius 2 is 2.00 bits per heavy atom. The Hall–Kier alpha value is -2.42. The lowest BCUT2D eigenvalue weighted by Crippen LogP contribution is -2.16. The lowest BCUT2D eigenvalue weighted by Gasteiger charge is -2.09. The lowest BCUT2D eigenvalue weighted by molar-refractivity contribution is 0.397. The lowest BCUT2D eigenvalue weighted by atomic mass is 10.4. The van der Waals surface area contributed by atoms with Gasteiger partial charge in [0.15, 0.2) is 0 Å². The van der Waals surface area contributed by atoms with Crippen LogP contribution >= 0.6 is 0 Å². The molecule has 0 radical (unpaired) electrons. The highest BCUT2D eigenvalue weighted by molar-refractivity contribution is 7.92. The minimum atomic E-state index is -3.80. The van der Waals surface area contributed by atoms with Crippen molar-refractivity contribution in [1.82, 2.24) is 15.0 Å². The second-order valence-electron chi connectivity index (χ2n) is 4.11. The van der Waals surface area contributed by atoms with E-state index >= 15 is 0 Å². The van der Waals surface area contributed by atoms with Gasteiger partial charge in [-0.05, 0) is 13.0 Å². The van der Waals surface area contributed by atoms with Gasteiger partial charge in [-0.2, -0.15) is 4.98 Å². The molecule has 0 aromatic carbocycles. The summed E-state index contributed by atoms with van der Waals surface area (Å²) in [5, 5.41) is 2.78. The summed E-state index contributed by atoms with van der Waals surface area (Å²) in [6.07, 6.45) is 1.40. The van der Waals surface area contributed by atoms with Crippen molar-refractivity contribution in [2.24, 2.45) is 0 Å². The number of hydrogen-bond donors (Lipinski definition) is 2. The van der Waals surface area contributed by atoms with Crippen molar-refractivity contribution in [1.29, 1.82) is 0 Å². The summed E-state index contributed by atoms with van der Waals surface area (Å²) in [5.41, 5.74) is 0.588. The molecule has 0 spiro atoms. The van der Waals surface area contributed by atoms with Gasteiger partial charge in [0.05, 0.1) is 12.0 Å². The molecule has 0 saturated carbocycles. The van der Waals surface area contributed by atoms with Gasteiger partial charge in [-0.25, -0.2) is 23.1 Å². The van der Waals surface area contributed by atoms with Gasteiger partial charge in [0, 0.05) is 31.1 Å². The van der Waals surface area contributed by atoms with E-state index in [1.807, 2.05) is 0 Å². The summed E-state index contributed by atoms with van der Waals surface area (Å²) in [6.45, 7) is 1.72.